The number of amides is 2. The van der Waals surface area contributed by atoms with E-state index in [1.54, 1.807) is 4.90 Å². The van der Waals surface area contributed by atoms with E-state index in [0.29, 0.717) is 25.9 Å². The van der Waals surface area contributed by atoms with E-state index >= 15 is 0 Å². The summed E-state index contributed by atoms with van der Waals surface area (Å²) in [6.45, 7) is 5.65. The smallest absolute Gasteiger partial charge is 0.228 e. The lowest BCUT2D eigenvalue weighted by molar-refractivity contribution is -0.148. The van der Waals surface area contributed by atoms with Gasteiger partial charge < -0.3 is 15.5 Å². The molecule has 2 saturated heterocycles. The summed E-state index contributed by atoms with van der Waals surface area (Å²) >= 11 is 0. The molecule has 3 rings (SSSR count). The number of likely N-dealkylation sites (tertiary alicyclic amines) is 2. The van der Waals surface area contributed by atoms with Gasteiger partial charge in [-0.2, -0.15) is 0 Å². The zero-order chi connectivity index (χ0) is 18.2. The second-order valence-electron chi connectivity index (χ2n) is 8.15. The molecule has 0 saturated carbocycles. The highest BCUT2D eigenvalue weighted by Crippen LogP contribution is 2.38. The molecule has 2 aliphatic heterocycles. The van der Waals surface area contributed by atoms with Crippen molar-refractivity contribution in [3.63, 3.8) is 0 Å². The number of hydrogen-bond donors (Lipinski definition) is 1. The third kappa shape index (κ3) is 3.43. The summed E-state index contributed by atoms with van der Waals surface area (Å²) in [5, 5.41) is 0. The fraction of sp³-hybridized carbons (Fsp3) is 0.600. The number of hydrogen-bond acceptors (Lipinski definition) is 3. The predicted molar refractivity (Wildman–Crippen MR) is 97.6 cm³/mol. The Hall–Kier alpha value is -1.88. The monoisotopic (exact) mass is 343 g/mol. The van der Waals surface area contributed by atoms with Crippen molar-refractivity contribution in [2.75, 3.05) is 20.1 Å². The van der Waals surface area contributed by atoms with Crippen LogP contribution in [0.2, 0.25) is 0 Å². The fourth-order valence-electron chi connectivity index (χ4n) is 4.20. The van der Waals surface area contributed by atoms with Crippen molar-refractivity contribution < 1.29 is 9.59 Å². The average molecular weight is 343 g/mol. The molecule has 2 fully saturated rings. The Kier molecular flexibility index (Phi) is 4.87. The highest BCUT2D eigenvalue weighted by Gasteiger charge is 2.43. The molecule has 2 aliphatic rings. The van der Waals surface area contributed by atoms with Crippen molar-refractivity contribution in [2.45, 2.75) is 45.2 Å². The Morgan fingerprint density at radius 1 is 1.20 bits per heavy atom. The molecule has 1 aromatic carbocycles. The first-order valence-electron chi connectivity index (χ1n) is 9.16. The van der Waals surface area contributed by atoms with Crippen molar-refractivity contribution in [2.24, 2.45) is 17.1 Å². The summed E-state index contributed by atoms with van der Waals surface area (Å²) in [6, 6.07) is 9.84. The first-order chi connectivity index (χ1) is 11.8. The normalized spacial score (nSPS) is 29.6. The molecule has 5 heteroatoms. The number of rotatable bonds is 2. The van der Waals surface area contributed by atoms with Gasteiger partial charge in [-0.15, -0.1) is 0 Å². The maximum absolute atomic E-state index is 13.3. The van der Waals surface area contributed by atoms with Gasteiger partial charge in [-0.05, 0) is 23.8 Å². The first-order valence-corrected chi connectivity index (χ1v) is 9.16. The zero-order valence-electron chi connectivity index (χ0n) is 15.4. The van der Waals surface area contributed by atoms with E-state index in [4.69, 9.17) is 5.73 Å². The van der Waals surface area contributed by atoms with E-state index in [1.165, 1.54) is 0 Å². The molecule has 0 radical (unpaired) electrons. The van der Waals surface area contributed by atoms with Gasteiger partial charge in [0.2, 0.25) is 11.8 Å². The van der Waals surface area contributed by atoms with Gasteiger partial charge in [0.1, 0.15) is 0 Å². The SMILES string of the molecule is CN1C(=O)CCC(C(=O)N2CCC(N)C(C)(C)C2)C1c1ccccc1. The van der Waals surface area contributed by atoms with Crippen molar-refractivity contribution in [3.8, 4) is 0 Å². The van der Waals surface area contributed by atoms with E-state index in [9.17, 15) is 9.59 Å². The number of nitrogens with two attached hydrogens (primary N) is 1. The van der Waals surface area contributed by atoms with Crippen LogP contribution in [0.1, 0.15) is 44.7 Å². The Morgan fingerprint density at radius 2 is 1.88 bits per heavy atom. The van der Waals surface area contributed by atoms with E-state index in [2.05, 4.69) is 13.8 Å². The maximum Gasteiger partial charge on any atom is 0.228 e. The maximum atomic E-state index is 13.3. The average Bonchev–Trinajstić information content (AvgIpc) is 2.59. The van der Waals surface area contributed by atoms with Crippen LogP contribution in [-0.2, 0) is 9.59 Å². The van der Waals surface area contributed by atoms with E-state index in [0.717, 1.165) is 12.0 Å². The van der Waals surface area contributed by atoms with Gasteiger partial charge in [-0.25, -0.2) is 0 Å². The molecular weight excluding hydrogens is 314 g/mol. The van der Waals surface area contributed by atoms with E-state index < -0.39 is 0 Å². The van der Waals surface area contributed by atoms with Crippen LogP contribution in [0.3, 0.4) is 0 Å². The summed E-state index contributed by atoms with van der Waals surface area (Å²) in [4.78, 5) is 29.3. The van der Waals surface area contributed by atoms with Gasteiger partial charge in [0.15, 0.2) is 0 Å². The number of piperidine rings is 2. The number of carbonyl (C=O) groups excluding carboxylic acids is 2. The highest BCUT2D eigenvalue weighted by molar-refractivity contribution is 5.85. The molecule has 5 nitrogen and oxygen atoms in total. The Labute approximate surface area is 150 Å². The minimum Gasteiger partial charge on any atom is -0.342 e. The molecule has 25 heavy (non-hydrogen) atoms. The van der Waals surface area contributed by atoms with Crippen LogP contribution in [0, 0.1) is 11.3 Å². The Morgan fingerprint density at radius 3 is 2.52 bits per heavy atom. The molecule has 2 heterocycles. The topological polar surface area (TPSA) is 66.6 Å². The van der Waals surface area contributed by atoms with Gasteiger partial charge in [0.05, 0.1) is 12.0 Å². The van der Waals surface area contributed by atoms with Crippen LogP contribution in [0.25, 0.3) is 0 Å². The number of nitrogens with zero attached hydrogens (tertiary/aromatic N) is 2. The fourth-order valence-corrected chi connectivity index (χ4v) is 4.20. The van der Waals surface area contributed by atoms with Crippen LogP contribution >= 0.6 is 0 Å². The highest BCUT2D eigenvalue weighted by atomic mass is 16.2. The summed E-state index contributed by atoms with van der Waals surface area (Å²) in [6.07, 6.45) is 1.88. The molecule has 0 aromatic heterocycles. The molecule has 0 aliphatic carbocycles. The molecule has 3 atom stereocenters. The third-order valence-electron chi connectivity index (χ3n) is 5.94. The molecule has 1 aromatic rings. The standard InChI is InChI=1S/C20H29N3O2/c1-20(2)13-23(12-11-16(20)21)19(25)15-9-10-17(24)22(3)18(15)14-7-5-4-6-8-14/h4-8,15-16,18H,9-13,21H2,1-3H3. The molecule has 2 amide bonds. The molecular formula is C20H29N3O2. The molecule has 3 unspecified atom stereocenters. The van der Waals surface area contributed by atoms with Crippen molar-refractivity contribution in [1.29, 1.82) is 0 Å². The van der Waals surface area contributed by atoms with Gasteiger partial charge in [-0.1, -0.05) is 44.2 Å². The van der Waals surface area contributed by atoms with Crippen molar-refractivity contribution in [1.82, 2.24) is 9.80 Å². The molecule has 136 valence electrons. The first kappa shape index (κ1) is 17.9. The zero-order valence-corrected chi connectivity index (χ0v) is 15.4. The number of carbonyl (C=O) groups is 2. The van der Waals surface area contributed by atoms with Gasteiger partial charge >= 0.3 is 0 Å². The van der Waals surface area contributed by atoms with Crippen molar-refractivity contribution >= 4 is 11.8 Å². The minimum atomic E-state index is -0.186. The van der Waals surface area contributed by atoms with Crippen LogP contribution in [-0.4, -0.2) is 47.8 Å². The van der Waals surface area contributed by atoms with Crippen LogP contribution in [0.4, 0.5) is 0 Å². The summed E-state index contributed by atoms with van der Waals surface area (Å²) in [5.74, 6) is 0.0855. The van der Waals surface area contributed by atoms with Gasteiger partial charge in [0, 0.05) is 32.6 Å². The van der Waals surface area contributed by atoms with Crippen LogP contribution in [0.5, 0.6) is 0 Å². The second kappa shape index (κ2) is 6.79. The van der Waals surface area contributed by atoms with Crippen molar-refractivity contribution in [3.05, 3.63) is 35.9 Å². The number of benzene rings is 1. The Bertz CT molecular complexity index is 644. The van der Waals surface area contributed by atoms with Gasteiger partial charge in [-0.3, -0.25) is 9.59 Å². The molecule has 0 spiro atoms. The third-order valence-corrected chi connectivity index (χ3v) is 5.94. The van der Waals surface area contributed by atoms with Crippen LogP contribution < -0.4 is 5.73 Å². The van der Waals surface area contributed by atoms with Gasteiger partial charge in [0.25, 0.3) is 0 Å². The predicted octanol–water partition coefficient (Wildman–Crippen LogP) is 2.18. The lowest BCUT2D eigenvalue weighted by Gasteiger charge is -2.46. The largest absolute Gasteiger partial charge is 0.342 e. The summed E-state index contributed by atoms with van der Waals surface area (Å²) < 4.78 is 0. The lowest BCUT2D eigenvalue weighted by atomic mass is 9.78. The lowest BCUT2D eigenvalue weighted by Crippen LogP contribution is -2.56. The quantitative estimate of drug-likeness (QED) is 0.895. The molecule has 0 bridgehead atoms. The van der Waals surface area contributed by atoms with E-state index in [1.807, 2.05) is 42.3 Å². The minimum absolute atomic E-state index is 0.0768. The second-order valence-corrected chi connectivity index (χ2v) is 8.15. The summed E-state index contributed by atoms with van der Waals surface area (Å²) in [5.41, 5.74) is 7.18. The Balaban J connectivity index is 1.86. The van der Waals surface area contributed by atoms with E-state index in [-0.39, 0.29) is 35.2 Å². The molecule has 2 N–H and O–H groups in total. The van der Waals surface area contributed by atoms with Crippen LogP contribution in [0.15, 0.2) is 30.3 Å². The summed E-state index contributed by atoms with van der Waals surface area (Å²) in [7, 11) is 1.81.